The minimum atomic E-state index is -0.494. The summed E-state index contributed by atoms with van der Waals surface area (Å²) in [5, 5.41) is 3.34. The summed E-state index contributed by atoms with van der Waals surface area (Å²) in [4.78, 5) is 30.4. The lowest BCUT2D eigenvalue weighted by Crippen LogP contribution is -2.39. The summed E-state index contributed by atoms with van der Waals surface area (Å²) in [6.45, 7) is 2.67. The van der Waals surface area contributed by atoms with Crippen LogP contribution in [0.3, 0.4) is 0 Å². The Labute approximate surface area is 154 Å². The Kier molecular flexibility index (Phi) is 5.82. The molecule has 1 N–H and O–H groups in total. The van der Waals surface area contributed by atoms with Crippen LogP contribution in [0.2, 0.25) is 5.02 Å². The molecule has 3 rings (SSSR count). The fourth-order valence-corrected chi connectivity index (χ4v) is 3.90. The molecule has 1 saturated heterocycles. The molecule has 2 amide bonds. The van der Waals surface area contributed by atoms with Gasteiger partial charge in [-0.15, -0.1) is 0 Å². The summed E-state index contributed by atoms with van der Waals surface area (Å²) in [5.74, 6) is 0.00432. The van der Waals surface area contributed by atoms with Gasteiger partial charge in [0.25, 0.3) is 5.91 Å². The van der Waals surface area contributed by atoms with Crippen molar-refractivity contribution in [1.82, 2.24) is 4.90 Å². The molecule has 1 aromatic carbocycles. The van der Waals surface area contributed by atoms with E-state index in [1.807, 2.05) is 4.90 Å². The molecular weight excluding hydrogens is 366 g/mol. The molecule has 0 saturated carbocycles. The predicted octanol–water partition coefficient (Wildman–Crippen LogP) is 2.01. The molecule has 0 unspecified atom stereocenters. The Morgan fingerprint density at radius 3 is 2.92 bits per heavy atom. The minimum Gasteiger partial charge on any atom is -0.495 e. The number of benzene rings is 1. The molecule has 1 fully saturated rings. The monoisotopic (exact) mass is 383 g/mol. The van der Waals surface area contributed by atoms with Crippen LogP contribution in [0.5, 0.6) is 5.75 Å². The number of anilines is 1. The predicted molar refractivity (Wildman–Crippen MR) is 97.5 cm³/mol. The first kappa shape index (κ1) is 18.0. The molecule has 2 aliphatic rings. The third kappa shape index (κ3) is 4.45. The number of halogens is 1. The molecule has 1 aromatic rings. The van der Waals surface area contributed by atoms with Gasteiger partial charge in [0.1, 0.15) is 11.0 Å². The van der Waals surface area contributed by atoms with Crippen molar-refractivity contribution in [2.45, 2.75) is 11.7 Å². The fraction of sp³-hybridized carbons (Fsp3) is 0.438. The number of thioether (sulfide) groups is 1. The van der Waals surface area contributed by atoms with Crippen molar-refractivity contribution in [1.29, 1.82) is 0 Å². The first-order chi connectivity index (χ1) is 12.1. The molecule has 25 heavy (non-hydrogen) atoms. The molecular formula is C16H18ClN3O4S. The molecule has 2 heterocycles. The van der Waals surface area contributed by atoms with E-state index in [-0.39, 0.29) is 18.2 Å². The van der Waals surface area contributed by atoms with Crippen LogP contribution in [0.1, 0.15) is 6.42 Å². The van der Waals surface area contributed by atoms with Crippen LogP contribution in [0.25, 0.3) is 0 Å². The lowest BCUT2D eigenvalue weighted by Gasteiger charge is -2.27. The van der Waals surface area contributed by atoms with Crippen molar-refractivity contribution >= 4 is 46.0 Å². The number of hydrogen-bond donors (Lipinski definition) is 1. The number of ether oxygens (including phenoxy) is 2. The SMILES string of the molecule is COc1ccc(NC(=O)C[C@@H]2SC(N3CCOCC3)=NC2=O)cc1Cl. The lowest BCUT2D eigenvalue weighted by atomic mass is 10.2. The van der Waals surface area contributed by atoms with Gasteiger partial charge < -0.3 is 19.7 Å². The molecule has 1 atom stereocenters. The number of methoxy groups -OCH3 is 1. The first-order valence-electron chi connectivity index (χ1n) is 7.82. The molecule has 0 aromatic heterocycles. The third-order valence-electron chi connectivity index (χ3n) is 3.82. The number of amidine groups is 1. The van der Waals surface area contributed by atoms with E-state index in [2.05, 4.69) is 10.3 Å². The fourth-order valence-electron chi connectivity index (χ4n) is 2.52. The number of carbonyl (C=O) groups excluding carboxylic acids is 2. The highest BCUT2D eigenvalue weighted by Gasteiger charge is 2.33. The van der Waals surface area contributed by atoms with Gasteiger partial charge in [-0.1, -0.05) is 23.4 Å². The third-order valence-corrected chi connectivity index (χ3v) is 5.33. The van der Waals surface area contributed by atoms with Gasteiger partial charge in [-0.3, -0.25) is 9.59 Å². The van der Waals surface area contributed by atoms with Crippen LogP contribution < -0.4 is 10.1 Å². The molecule has 0 aliphatic carbocycles. The maximum absolute atomic E-state index is 12.2. The summed E-state index contributed by atoms with van der Waals surface area (Å²) < 4.78 is 10.4. The van der Waals surface area contributed by atoms with Crippen LogP contribution in [-0.4, -0.2) is 60.5 Å². The van der Waals surface area contributed by atoms with E-state index in [0.717, 1.165) is 0 Å². The van der Waals surface area contributed by atoms with Crippen molar-refractivity contribution in [3.63, 3.8) is 0 Å². The highest BCUT2D eigenvalue weighted by molar-refractivity contribution is 8.15. The van der Waals surface area contributed by atoms with E-state index in [1.54, 1.807) is 18.2 Å². The summed E-state index contributed by atoms with van der Waals surface area (Å²) in [5.41, 5.74) is 0.556. The van der Waals surface area contributed by atoms with Crippen molar-refractivity contribution < 1.29 is 19.1 Å². The van der Waals surface area contributed by atoms with Crippen LogP contribution in [-0.2, 0) is 14.3 Å². The van der Waals surface area contributed by atoms with E-state index in [1.165, 1.54) is 18.9 Å². The van der Waals surface area contributed by atoms with Gasteiger partial charge >= 0.3 is 0 Å². The minimum absolute atomic E-state index is 0.0600. The average Bonchev–Trinajstić information content (AvgIpc) is 2.96. The summed E-state index contributed by atoms with van der Waals surface area (Å²) in [6.07, 6.45) is 0.0600. The molecule has 9 heteroatoms. The number of aliphatic imine (C=N–C) groups is 1. The van der Waals surface area contributed by atoms with Crippen LogP contribution in [0, 0.1) is 0 Å². The van der Waals surface area contributed by atoms with Crippen molar-refractivity contribution in [3.05, 3.63) is 23.2 Å². The van der Waals surface area contributed by atoms with Gasteiger partial charge in [0.05, 0.1) is 25.3 Å². The van der Waals surface area contributed by atoms with Crippen LogP contribution in [0.15, 0.2) is 23.2 Å². The van der Waals surface area contributed by atoms with E-state index in [4.69, 9.17) is 21.1 Å². The van der Waals surface area contributed by atoms with E-state index < -0.39 is 5.25 Å². The van der Waals surface area contributed by atoms with Gasteiger partial charge in [-0.25, -0.2) is 0 Å². The number of morpholine rings is 1. The van der Waals surface area contributed by atoms with Gasteiger partial charge in [0.2, 0.25) is 5.91 Å². The number of carbonyl (C=O) groups is 2. The second-order valence-corrected chi connectivity index (χ2v) is 7.12. The zero-order chi connectivity index (χ0) is 17.8. The number of nitrogens with zero attached hydrogens (tertiary/aromatic N) is 2. The van der Waals surface area contributed by atoms with Crippen LogP contribution >= 0.6 is 23.4 Å². The largest absolute Gasteiger partial charge is 0.495 e. The number of nitrogens with one attached hydrogen (secondary N) is 1. The Morgan fingerprint density at radius 1 is 1.48 bits per heavy atom. The van der Waals surface area contributed by atoms with E-state index >= 15 is 0 Å². The van der Waals surface area contributed by atoms with E-state index in [0.29, 0.717) is 47.9 Å². The maximum Gasteiger partial charge on any atom is 0.262 e. The second kappa shape index (κ2) is 8.07. The average molecular weight is 384 g/mol. The van der Waals surface area contributed by atoms with Gasteiger partial charge in [-0.05, 0) is 18.2 Å². The van der Waals surface area contributed by atoms with Gasteiger partial charge in [0.15, 0.2) is 5.17 Å². The smallest absolute Gasteiger partial charge is 0.262 e. The van der Waals surface area contributed by atoms with Crippen LogP contribution in [0.4, 0.5) is 5.69 Å². The summed E-state index contributed by atoms with van der Waals surface area (Å²) >= 11 is 7.38. The Hall–Kier alpha value is -1.77. The second-order valence-electron chi connectivity index (χ2n) is 5.54. The highest BCUT2D eigenvalue weighted by atomic mass is 35.5. The standard InChI is InChI=1S/C16H18ClN3O4S/c1-23-12-3-2-10(8-11(12)17)18-14(21)9-13-15(22)19-16(25-13)20-4-6-24-7-5-20/h2-3,8,13H,4-7,9H2,1H3,(H,18,21)/t13-/m0/s1. The normalized spacial score (nSPS) is 20.4. The van der Waals surface area contributed by atoms with Gasteiger partial charge in [0, 0.05) is 25.2 Å². The highest BCUT2D eigenvalue weighted by Crippen LogP contribution is 2.29. The van der Waals surface area contributed by atoms with Crippen molar-refractivity contribution in [2.75, 3.05) is 38.7 Å². The van der Waals surface area contributed by atoms with Crippen molar-refractivity contribution in [3.8, 4) is 5.75 Å². The quantitative estimate of drug-likeness (QED) is 0.856. The first-order valence-corrected chi connectivity index (χ1v) is 9.08. The summed E-state index contributed by atoms with van der Waals surface area (Å²) in [7, 11) is 1.52. The summed E-state index contributed by atoms with van der Waals surface area (Å²) in [6, 6.07) is 4.98. The van der Waals surface area contributed by atoms with Crippen molar-refractivity contribution in [2.24, 2.45) is 4.99 Å². The molecule has 0 bridgehead atoms. The molecule has 134 valence electrons. The molecule has 7 nitrogen and oxygen atoms in total. The Balaban J connectivity index is 1.55. The zero-order valence-electron chi connectivity index (χ0n) is 13.7. The molecule has 0 radical (unpaired) electrons. The Bertz CT molecular complexity index is 707. The number of amides is 2. The van der Waals surface area contributed by atoms with Gasteiger partial charge in [-0.2, -0.15) is 4.99 Å². The molecule has 2 aliphatic heterocycles. The van der Waals surface area contributed by atoms with E-state index in [9.17, 15) is 9.59 Å². The Morgan fingerprint density at radius 2 is 2.24 bits per heavy atom. The number of rotatable bonds is 4. The maximum atomic E-state index is 12.2. The number of hydrogen-bond acceptors (Lipinski definition) is 6. The lowest BCUT2D eigenvalue weighted by molar-refractivity contribution is -0.121. The topological polar surface area (TPSA) is 80.2 Å². The molecule has 0 spiro atoms. The zero-order valence-corrected chi connectivity index (χ0v) is 15.2.